The number of rotatable bonds is 8. The lowest BCUT2D eigenvalue weighted by atomic mass is 9.99. The molecule has 0 aliphatic rings. The summed E-state index contributed by atoms with van der Waals surface area (Å²) in [5, 5.41) is 3.62. The van der Waals surface area contributed by atoms with Gasteiger partial charge in [-0.15, -0.1) is 0 Å². The van der Waals surface area contributed by atoms with Gasteiger partial charge in [-0.25, -0.2) is 0 Å². The highest BCUT2D eigenvalue weighted by molar-refractivity contribution is 6.32. The van der Waals surface area contributed by atoms with E-state index in [0.29, 0.717) is 10.9 Å². The van der Waals surface area contributed by atoms with Crippen molar-refractivity contribution < 1.29 is 4.79 Å². The second-order valence-corrected chi connectivity index (χ2v) is 5.42. The van der Waals surface area contributed by atoms with Crippen LogP contribution in [0.15, 0.2) is 30.3 Å². The first kappa shape index (κ1) is 16.8. The molecule has 0 fully saturated rings. The van der Waals surface area contributed by atoms with Gasteiger partial charge in [0.05, 0.1) is 0 Å². The molecular weight excluding hydrogens is 270 g/mol. The summed E-state index contributed by atoms with van der Waals surface area (Å²) in [5.41, 5.74) is 0.863. The van der Waals surface area contributed by atoms with E-state index in [1.165, 1.54) is 19.3 Å². The molecule has 1 N–H and O–H groups in total. The van der Waals surface area contributed by atoms with E-state index in [1.807, 2.05) is 24.3 Å². The van der Waals surface area contributed by atoms with Gasteiger partial charge in [0.2, 0.25) is 5.91 Å². The minimum Gasteiger partial charge on any atom is -0.352 e. The van der Waals surface area contributed by atoms with Crippen LogP contribution in [0.2, 0.25) is 5.02 Å². The van der Waals surface area contributed by atoms with Crippen molar-refractivity contribution in [3.05, 3.63) is 40.9 Å². The van der Waals surface area contributed by atoms with Gasteiger partial charge < -0.3 is 5.32 Å². The van der Waals surface area contributed by atoms with Gasteiger partial charge in [-0.3, -0.25) is 4.79 Å². The fourth-order valence-electron chi connectivity index (χ4n) is 2.02. The molecule has 0 aliphatic carbocycles. The van der Waals surface area contributed by atoms with E-state index < -0.39 is 0 Å². The number of carbonyl (C=O) groups is 1. The maximum absolute atomic E-state index is 11.8. The second kappa shape index (κ2) is 9.60. The Morgan fingerprint density at radius 3 is 2.75 bits per heavy atom. The number of benzene rings is 1. The molecule has 1 aromatic carbocycles. The molecule has 1 aromatic rings. The maximum atomic E-state index is 11.8. The van der Waals surface area contributed by atoms with Crippen LogP contribution in [0.3, 0.4) is 0 Å². The van der Waals surface area contributed by atoms with Gasteiger partial charge >= 0.3 is 0 Å². The normalized spacial score (nSPS) is 12.6. The van der Waals surface area contributed by atoms with Crippen LogP contribution in [0, 0.1) is 5.92 Å². The Morgan fingerprint density at radius 1 is 1.35 bits per heavy atom. The highest BCUT2D eigenvalue weighted by Crippen LogP contribution is 2.16. The summed E-state index contributed by atoms with van der Waals surface area (Å²) in [5.74, 6) is 0.521. The van der Waals surface area contributed by atoms with E-state index >= 15 is 0 Å². The van der Waals surface area contributed by atoms with Crippen LogP contribution in [0.25, 0.3) is 6.08 Å². The highest BCUT2D eigenvalue weighted by Gasteiger charge is 2.06. The first-order valence-electron chi connectivity index (χ1n) is 7.37. The number of carbonyl (C=O) groups excluding carboxylic acids is 1. The monoisotopic (exact) mass is 293 g/mol. The highest BCUT2D eigenvalue weighted by atomic mass is 35.5. The van der Waals surface area contributed by atoms with Crippen molar-refractivity contribution in [1.82, 2.24) is 5.32 Å². The van der Waals surface area contributed by atoms with Crippen LogP contribution in [0.4, 0.5) is 0 Å². The molecule has 0 unspecified atom stereocenters. The van der Waals surface area contributed by atoms with Crippen LogP contribution >= 0.6 is 11.6 Å². The summed E-state index contributed by atoms with van der Waals surface area (Å²) in [6, 6.07) is 7.49. The molecule has 1 amide bonds. The smallest absolute Gasteiger partial charge is 0.244 e. The maximum Gasteiger partial charge on any atom is 0.244 e. The van der Waals surface area contributed by atoms with Crippen molar-refractivity contribution in [2.24, 2.45) is 5.92 Å². The fraction of sp³-hybridized carbons (Fsp3) is 0.471. The van der Waals surface area contributed by atoms with Crippen molar-refractivity contribution in [3.63, 3.8) is 0 Å². The van der Waals surface area contributed by atoms with Crippen LogP contribution in [-0.2, 0) is 4.79 Å². The Hall–Kier alpha value is -1.28. The van der Waals surface area contributed by atoms with Crippen molar-refractivity contribution >= 4 is 23.6 Å². The molecule has 0 radical (unpaired) electrons. The summed E-state index contributed by atoms with van der Waals surface area (Å²) in [6.45, 7) is 5.12. The standard InChI is InChI=1S/C17H24ClNO/c1-3-5-8-14(4-2)13-19-17(20)12-11-15-9-6-7-10-16(15)18/h6-7,9-12,14H,3-5,8,13H2,1-2H3,(H,19,20)/b12-11+/t14-/m0/s1. The predicted octanol–water partition coefficient (Wildman–Crippen LogP) is 4.69. The van der Waals surface area contributed by atoms with Crippen LogP contribution in [0.1, 0.15) is 45.1 Å². The minimum atomic E-state index is -0.0557. The first-order valence-corrected chi connectivity index (χ1v) is 7.75. The third-order valence-electron chi connectivity index (χ3n) is 3.43. The molecule has 0 aromatic heterocycles. The molecule has 0 bridgehead atoms. The molecule has 110 valence electrons. The molecule has 1 atom stereocenters. The lowest BCUT2D eigenvalue weighted by molar-refractivity contribution is -0.116. The molecule has 0 saturated carbocycles. The molecular formula is C17H24ClNO. The van der Waals surface area contributed by atoms with Gasteiger partial charge in [0.25, 0.3) is 0 Å². The van der Waals surface area contributed by atoms with Crippen LogP contribution in [0.5, 0.6) is 0 Å². The zero-order valence-corrected chi connectivity index (χ0v) is 13.1. The number of amides is 1. The largest absolute Gasteiger partial charge is 0.352 e. The molecule has 3 heteroatoms. The lowest BCUT2D eigenvalue weighted by Crippen LogP contribution is -2.27. The Labute approximate surface area is 127 Å². The topological polar surface area (TPSA) is 29.1 Å². The van der Waals surface area contributed by atoms with E-state index in [0.717, 1.165) is 18.5 Å². The van der Waals surface area contributed by atoms with Gasteiger partial charge in [0, 0.05) is 17.6 Å². The molecule has 2 nitrogen and oxygen atoms in total. The average molecular weight is 294 g/mol. The molecule has 1 rings (SSSR count). The van der Waals surface area contributed by atoms with Crippen LogP contribution in [-0.4, -0.2) is 12.5 Å². The van der Waals surface area contributed by atoms with Gasteiger partial charge in [-0.1, -0.05) is 62.9 Å². The van der Waals surface area contributed by atoms with Gasteiger partial charge in [0.1, 0.15) is 0 Å². The number of nitrogens with one attached hydrogen (secondary N) is 1. The summed E-state index contributed by atoms with van der Waals surface area (Å²) in [6.07, 6.45) is 8.02. The molecule has 0 spiro atoms. The van der Waals surface area contributed by atoms with E-state index in [-0.39, 0.29) is 5.91 Å². The summed E-state index contributed by atoms with van der Waals surface area (Å²) in [4.78, 5) is 11.8. The SMILES string of the molecule is CCCC[C@H](CC)CNC(=O)/C=C/c1ccccc1Cl. The fourth-order valence-corrected chi connectivity index (χ4v) is 2.22. The number of hydrogen-bond acceptors (Lipinski definition) is 1. The molecule has 0 aliphatic heterocycles. The Kier molecular flexibility index (Phi) is 8.05. The first-order chi connectivity index (χ1) is 9.67. The number of unbranched alkanes of at least 4 members (excludes halogenated alkanes) is 1. The molecule has 20 heavy (non-hydrogen) atoms. The van der Waals surface area contributed by atoms with Gasteiger partial charge in [-0.05, 0) is 30.0 Å². The van der Waals surface area contributed by atoms with Crippen LogP contribution < -0.4 is 5.32 Å². The zero-order chi connectivity index (χ0) is 14.8. The van der Waals surface area contributed by atoms with E-state index in [2.05, 4.69) is 19.2 Å². The van der Waals surface area contributed by atoms with Crippen molar-refractivity contribution in [2.45, 2.75) is 39.5 Å². The number of halogens is 1. The minimum absolute atomic E-state index is 0.0557. The number of hydrogen-bond donors (Lipinski definition) is 1. The quantitative estimate of drug-likeness (QED) is 0.692. The summed E-state index contributed by atoms with van der Waals surface area (Å²) in [7, 11) is 0. The Morgan fingerprint density at radius 2 is 2.10 bits per heavy atom. The van der Waals surface area contributed by atoms with E-state index in [1.54, 1.807) is 12.2 Å². The average Bonchev–Trinajstić information content (AvgIpc) is 2.46. The summed E-state index contributed by atoms with van der Waals surface area (Å²) < 4.78 is 0. The Bertz CT molecular complexity index is 442. The Balaban J connectivity index is 2.41. The predicted molar refractivity (Wildman–Crippen MR) is 86.8 cm³/mol. The van der Waals surface area contributed by atoms with Gasteiger partial charge in [-0.2, -0.15) is 0 Å². The van der Waals surface area contributed by atoms with Crippen molar-refractivity contribution in [1.29, 1.82) is 0 Å². The lowest BCUT2D eigenvalue weighted by Gasteiger charge is -2.14. The molecule has 0 heterocycles. The third kappa shape index (κ3) is 6.25. The van der Waals surface area contributed by atoms with Crippen molar-refractivity contribution in [2.75, 3.05) is 6.54 Å². The molecule has 0 saturated heterocycles. The van der Waals surface area contributed by atoms with E-state index in [4.69, 9.17) is 11.6 Å². The van der Waals surface area contributed by atoms with Gasteiger partial charge in [0.15, 0.2) is 0 Å². The second-order valence-electron chi connectivity index (χ2n) is 5.02. The zero-order valence-electron chi connectivity index (χ0n) is 12.4. The summed E-state index contributed by atoms with van der Waals surface area (Å²) >= 11 is 6.03. The third-order valence-corrected chi connectivity index (χ3v) is 3.77. The van der Waals surface area contributed by atoms with E-state index in [9.17, 15) is 4.79 Å². The van der Waals surface area contributed by atoms with Crippen molar-refractivity contribution in [3.8, 4) is 0 Å².